The second-order valence-electron chi connectivity index (χ2n) is 3.27. The van der Waals surface area contributed by atoms with Gasteiger partial charge in [0.15, 0.2) is 5.41 Å². The van der Waals surface area contributed by atoms with Crippen molar-refractivity contribution in [3.05, 3.63) is 24.3 Å². The van der Waals surface area contributed by atoms with Crippen molar-refractivity contribution in [3.63, 3.8) is 0 Å². The second-order valence-corrected chi connectivity index (χ2v) is 3.27. The highest BCUT2D eigenvalue weighted by Gasteiger charge is 2.49. The van der Waals surface area contributed by atoms with Crippen molar-refractivity contribution in [1.82, 2.24) is 0 Å². The third-order valence-corrected chi connectivity index (χ3v) is 2.56. The van der Waals surface area contributed by atoms with E-state index in [2.05, 4.69) is 6.58 Å². The molecule has 0 aromatic rings. The minimum Gasteiger partial charge on any atom is -0.480 e. The molecule has 0 aliphatic heterocycles. The monoisotopic (exact) mass is 196 g/mol. The van der Waals surface area contributed by atoms with Gasteiger partial charge < -0.3 is 10.2 Å². The molecule has 4 nitrogen and oxygen atoms in total. The molecule has 0 bridgehead atoms. The van der Waals surface area contributed by atoms with Crippen LogP contribution >= 0.6 is 0 Å². The Morgan fingerprint density at radius 1 is 1.43 bits per heavy atom. The van der Waals surface area contributed by atoms with Crippen LogP contribution in [0.15, 0.2) is 24.3 Å². The Hall–Kier alpha value is -1.58. The van der Waals surface area contributed by atoms with Gasteiger partial charge in [0, 0.05) is 0 Å². The molecule has 1 aliphatic rings. The Balaban J connectivity index is 3.26. The predicted molar refractivity (Wildman–Crippen MR) is 49.8 cm³/mol. The van der Waals surface area contributed by atoms with Crippen LogP contribution in [-0.4, -0.2) is 22.2 Å². The number of allylic oxidation sites excluding steroid dienone is 2. The average Bonchev–Trinajstić information content (AvgIpc) is 2.16. The van der Waals surface area contributed by atoms with Gasteiger partial charge in [-0.15, -0.1) is 0 Å². The summed E-state index contributed by atoms with van der Waals surface area (Å²) in [5, 5.41) is 18.0. The summed E-state index contributed by atoms with van der Waals surface area (Å²) in [5.74, 6) is -2.62. The number of carboxylic acids is 2. The van der Waals surface area contributed by atoms with Gasteiger partial charge in [0.1, 0.15) is 0 Å². The Bertz CT molecular complexity index is 300. The lowest BCUT2D eigenvalue weighted by Gasteiger charge is -2.29. The molecule has 0 atom stereocenters. The molecule has 0 saturated carbocycles. The maximum atomic E-state index is 11.0. The van der Waals surface area contributed by atoms with Crippen molar-refractivity contribution in [2.75, 3.05) is 0 Å². The van der Waals surface area contributed by atoms with E-state index in [0.717, 1.165) is 0 Å². The third kappa shape index (κ3) is 1.32. The van der Waals surface area contributed by atoms with Crippen LogP contribution in [0.5, 0.6) is 0 Å². The van der Waals surface area contributed by atoms with Gasteiger partial charge in [0.2, 0.25) is 0 Å². The molecule has 0 spiro atoms. The van der Waals surface area contributed by atoms with Crippen LogP contribution in [0.1, 0.15) is 19.3 Å². The highest BCUT2D eigenvalue weighted by molar-refractivity contribution is 6.02. The third-order valence-electron chi connectivity index (χ3n) is 2.56. The Morgan fingerprint density at radius 2 is 2.00 bits per heavy atom. The van der Waals surface area contributed by atoms with Crippen LogP contribution < -0.4 is 0 Å². The zero-order valence-electron chi connectivity index (χ0n) is 7.69. The summed E-state index contributed by atoms with van der Waals surface area (Å²) >= 11 is 0. The van der Waals surface area contributed by atoms with Crippen molar-refractivity contribution in [2.45, 2.75) is 19.3 Å². The number of carbonyl (C=O) groups is 2. The van der Waals surface area contributed by atoms with Crippen molar-refractivity contribution in [2.24, 2.45) is 5.41 Å². The fraction of sp³-hybridized carbons (Fsp3) is 0.400. The lowest BCUT2D eigenvalue weighted by atomic mass is 9.72. The first-order chi connectivity index (χ1) is 6.55. The fourth-order valence-electron chi connectivity index (χ4n) is 1.75. The van der Waals surface area contributed by atoms with E-state index in [1.807, 2.05) is 0 Å². The van der Waals surface area contributed by atoms with E-state index in [1.165, 1.54) is 6.08 Å². The Morgan fingerprint density at radius 3 is 2.36 bits per heavy atom. The normalized spacial score (nSPS) is 19.6. The number of hydrogen-bond acceptors (Lipinski definition) is 2. The van der Waals surface area contributed by atoms with E-state index in [-0.39, 0.29) is 6.42 Å². The maximum Gasteiger partial charge on any atom is 0.325 e. The molecule has 0 amide bonds. The van der Waals surface area contributed by atoms with Crippen LogP contribution in [0.4, 0.5) is 0 Å². The van der Waals surface area contributed by atoms with Gasteiger partial charge in [0.05, 0.1) is 0 Å². The van der Waals surface area contributed by atoms with Crippen LogP contribution in [0, 0.1) is 5.41 Å². The van der Waals surface area contributed by atoms with Crippen molar-refractivity contribution in [1.29, 1.82) is 0 Å². The Labute approximate surface area is 81.6 Å². The van der Waals surface area contributed by atoms with E-state index < -0.39 is 17.4 Å². The average molecular weight is 196 g/mol. The van der Waals surface area contributed by atoms with Crippen LogP contribution in [-0.2, 0) is 9.59 Å². The van der Waals surface area contributed by atoms with Crippen LogP contribution in [0.2, 0.25) is 0 Å². The van der Waals surface area contributed by atoms with E-state index >= 15 is 0 Å². The maximum absolute atomic E-state index is 11.0. The minimum atomic E-state index is -1.78. The molecule has 1 rings (SSSR count). The van der Waals surface area contributed by atoms with Gasteiger partial charge in [-0.1, -0.05) is 18.7 Å². The summed E-state index contributed by atoms with van der Waals surface area (Å²) < 4.78 is 0. The standard InChI is InChI=1S/C10H12O4/c1-2-7-5-3-4-6-10(7,8(11)12)9(13)14/h2,5H,1,3-4,6H2,(H,11,12)(H,13,14). The highest BCUT2D eigenvalue weighted by atomic mass is 16.4. The molecule has 0 aromatic carbocycles. The van der Waals surface area contributed by atoms with Crippen molar-refractivity contribution < 1.29 is 19.8 Å². The molecule has 2 N–H and O–H groups in total. The molecule has 4 heteroatoms. The van der Waals surface area contributed by atoms with Gasteiger partial charge in [-0.05, 0) is 24.8 Å². The van der Waals surface area contributed by atoms with E-state index in [9.17, 15) is 9.59 Å². The number of rotatable bonds is 3. The minimum absolute atomic E-state index is 0.134. The summed E-state index contributed by atoms with van der Waals surface area (Å²) in [6, 6.07) is 0. The molecule has 0 fully saturated rings. The lowest BCUT2D eigenvalue weighted by Crippen LogP contribution is -2.41. The fourth-order valence-corrected chi connectivity index (χ4v) is 1.75. The molecule has 0 heterocycles. The van der Waals surface area contributed by atoms with Crippen LogP contribution in [0.3, 0.4) is 0 Å². The van der Waals surface area contributed by atoms with Gasteiger partial charge in [0.25, 0.3) is 0 Å². The van der Waals surface area contributed by atoms with Gasteiger partial charge in [-0.3, -0.25) is 9.59 Å². The largest absolute Gasteiger partial charge is 0.480 e. The Kier molecular flexibility index (Phi) is 2.74. The summed E-state index contributed by atoms with van der Waals surface area (Å²) in [4.78, 5) is 22.0. The lowest BCUT2D eigenvalue weighted by molar-refractivity contribution is -0.162. The smallest absolute Gasteiger partial charge is 0.325 e. The first-order valence-corrected chi connectivity index (χ1v) is 4.35. The molecular weight excluding hydrogens is 184 g/mol. The van der Waals surface area contributed by atoms with E-state index in [1.54, 1.807) is 6.08 Å². The summed E-state index contributed by atoms with van der Waals surface area (Å²) in [5.41, 5.74) is -1.48. The molecule has 0 aromatic heterocycles. The summed E-state index contributed by atoms with van der Waals surface area (Å²) in [6.07, 6.45) is 4.38. The zero-order valence-corrected chi connectivity index (χ0v) is 7.69. The quantitative estimate of drug-likeness (QED) is 0.670. The molecule has 0 radical (unpaired) electrons. The number of carboxylic acid groups (broad SMARTS) is 2. The van der Waals surface area contributed by atoms with Crippen LogP contribution in [0.25, 0.3) is 0 Å². The number of aliphatic carboxylic acids is 2. The van der Waals surface area contributed by atoms with Crippen molar-refractivity contribution >= 4 is 11.9 Å². The molecule has 1 aliphatic carbocycles. The zero-order chi connectivity index (χ0) is 10.8. The molecule has 76 valence electrons. The van der Waals surface area contributed by atoms with E-state index in [4.69, 9.17) is 10.2 Å². The second kappa shape index (κ2) is 3.65. The summed E-state index contributed by atoms with van der Waals surface area (Å²) in [6.45, 7) is 3.45. The first-order valence-electron chi connectivity index (χ1n) is 4.35. The molecular formula is C10H12O4. The molecule has 0 unspecified atom stereocenters. The SMILES string of the molecule is C=CC1=CCCCC1(C(=O)O)C(=O)O. The van der Waals surface area contributed by atoms with E-state index in [0.29, 0.717) is 18.4 Å². The van der Waals surface area contributed by atoms with Gasteiger partial charge in [-0.2, -0.15) is 0 Å². The summed E-state index contributed by atoms with van der Waals surface area (Å²) in [7, 11) is 0. The van der Waals surface area contributed by atoms with Gasteiger partial charge >= 0.3 is 11.9 Å². The topological polar surface area (TPSA) is 74.6 Å². The van der Waals surface area contributed by atoms with Crippen molar-refractivity contribution in [3.8, 4) is 0 Å². The first kappa shape index (κ1) is 10.5. The highest BCUT2D eigenvalue weighted by Crippen LogP contribution is 2.38. The molecule has 0 saturated heterocycles. The van der Waals surface area contributed by atoms with Gasteiger partial charge in [-0.25, -0.2) is 0 Å². The predicted octanol–water partition coefficient (Wildman–Crippen LogP) is 1.44. The number of hydrogen-bond donors (Lipinski definition) is 2. The molecule has 14 heavy (non-hydrogen) atoms.